The van der Waals surface area contributed by atoms with Gasteiger partial charge in [-0.25, -0.2) is 19.6 Å². The maximum absolute atomic E-state index is 12.4. The topological polar surface area (TPSA) is 600 Å². The molecule has 7 aliphatic rings. The van der Waals surface area contributed by atoms with E-state index in [9.17, 15) is 67.4 Å². The van der Waals surface area contributed by atoms with E-state index in [0.717, 1.165) is 129 Å². The number of piperidine rings is 6. The largest absolute Gasteiger partial charge is 0.543 e. The number of nitrogens with two attached hydrogens (primary N) is 4. The number of halogens is 1. The summed E-state index contributed by atoms with van der Waals surface area (Å²) < 4.78 is 9.89. The lowest BCUT2D eigenvalue weighted by atomic mass is 9.89. The molecule has 9 atom stereocenters. The van der Waals surface area contributed by atoms with Crippen molar-refractivity contribution in [3.05, 3.63) is 72.9 Å². The number of nitrogens with one attached hydrogen (secondary N) is 7. The van der Waals surface area contributed by atoms with E-state index in [2.05, 4.69) is 77.6 Å². The van der Waals surface area contributed by atoms with E-state index in [-0.39, 0.29) is 131 Å². The monoisotopic (exact) mass is 1560 g/mol. The Balaban J connectivity index is 0.000000629. The average Bonchev–Trinajstić information content (AvgIpc) is 0.855. The molecule has 20 N–H and O–H groups in total. The van der Waals surface area contributed by atoms with Crippen LogP contribution in [-0.4, -0.2) is 237 Å². The lowest BCUT2D eigenvalue weighted by Crippen LogP contribution is -2.69. The van der Waals surface area contributed by atoms with Gasteiger partial charge in [0, 0.05) is 133 Å². The van der Waals surface area contributed by atoms with Crippen molar-refractivity contribution in [3.63, 3.8) is 0 Å². The number of nitrogens with zero attached hydrogens (tertiary/aromatic N) is 7. The molecule has 7 aliphatic heterocycles. The van der Waals surface area contributed by atoms with Crippen molar-refractivity contribution >= 4 is 89.3 Å². The predicted molar refractivity (Wildman–Crippen MR) is 398 cm³/mol. The number of rotatable bonds is 19. The first kappa shape index (κ1) is 97.8. The van der Waals surface area contributed by atoms with Gasteiger partial charge in [0.25, 0.3) is 5.91 Å². The maximum Gasteiger partial charge on any atom is 0.410 e. The summed E-state index contributed by atoms with van der Waals surface area (Å²) in [5.41, 5.74) is 24.2. The van der Waals surface area contributed by atoms with E-state index >= 15 is 0 Å². The quantitative estimate of drug-likeness (QED) is 0.0490. The van der Waals surface area contributed by atoms with Crippen molar-refractivity contribution in [2.24, 2.45) is 46.6 Å². The van der Waals surface area contributed by atoms with Gasteiger partial charge in [0.2, 0.25) is 23.6 Å². The van der Waals surface area contributed by atoms with Gasteiger partial charge >= 0.3 is 24.0 Å². The summed E-state index contributed by atoms with van der Waals surface area (Å²) in [5, 5.41) is 46.7. The van der Waals surface area contributed by atoms with Gasteiger partial charge in [0.15, 0.2) is 29.1 Å². The fourth-order valence-corrected chi connectivity index (χ4v) is 10.9. The van der Waals surface area contributed by atoms with Gasteiger partial charge < -0.3 is 100 Å². The van der Waals surface area contributed by atoms with Crippen LogP contribution in [0.1, 0.15) is 188 Å². The molecule has 0 spiro atoms. The molecule has 6 amide bonds. The van der Waals surface area contributed by atoms with Crippen LogP contribution in [-0.2, 0) is 52.6 Å². The molecule has 38 heteroatoms. The van der Waals surface area contributed by atoms with Gasteiger partial charge in [0.1, 0.15) is 23.0 Å². The van der Waals surface area contributed by atoms with Crippen LogP contribution in [0.3, 0.4) is 0 Å². The van der Waals surface area contributed by atoms with E-state index in [4.69, 9.17) is 37.9 Å². The number of aliphatic carboxylic acids is 1. The number of hydrogen-bond acceptors (Lipinski definition) is 28. The first-order chi connectivity index (χ1) is 51.4. The summed E-state index contributed by atoms with van der Waals surface area (Å²) in [6.45, 7) is 14.6. The van der Waals surface area contributed by atoms with Crippen LogP contribution in [0.15, 0.2) is 55.8 Å². The van der Waals surface area contributed by atoms with Crippen molar-refractivity contribution in [1.29, 1.82) is 0 Å². The van der Waals surface area contributed by atoms with E-state index in [1.165, 1.54) is 56.7 Å². The Hall–Kier alpha value is -9.24. The highest BCUT2D eigenvalue weighted by atomic mass is 35.5. The lowest BCUT2D eigenvalue weighted by Gasteiger charge is -2.34. The normalized spacial score (nSPS) is 21.0. The average molecular weight is 1560 g/mol. The molecule has 7 saturated heterocycles. The second-order valence-electron chi connectivity index (χ2n) is 27.1. The number of methoxy groups -OCH3 is 1. The number of quaternary nitrogens is 1. The maximum atomic E-state index is 12.4. The summed E-state index contributed by atoms with van der Waals surface area (Å²) in [5.74, 6) is -3.78. The molecular weight excluding hydrogens is 1440 g/mol. The number of aromatic carboxylic acids is 2. The summed E-state index contributed by atoms with van der Waals surface area (Å²) in [7, 11) is 1.40. The molecule has 7 fully saturated rings. The molecule has 0 bridgehead atoms. The molecule has 10 rings (SSSR count). The number of carbonyl (C=O) groups excluding carboxylic acids is 11. The molecule has 0 radical (unpaired) electrons. The van der Waals surface area contributed by atoms with Crippen LogP contribution in [0.25, 0.3) is 0 Å². The Morgan fingerprint density at radius 2 is 1.04 bits per heavy atom. The highest BCUT2D eigenvalue weighted by Crippen LogP contribution is 2.21. The van der Waals surface area contributed by atoms with E-state index < -0.39 is 41.7 Å². The molecule has 610 valence electrons. The van der Waals surface area contributed by atoms with Crippen LogP contribution in [0.4, 0.5) is 4.79 Å². The number of carbonyl (C=O) groups is 13. The molecule has 37 nitrogen and oxygen atoms in total. The number of ketones is 3. The van der Waals surface area contributed by atoms with Gasteiger partial charge in [0.05, 0.1) is 55.7 Å². The number of carboxylic acids is 3. The van der Waals surface area contributed by atoms with Gasteiger partial charge in [-0.1, -0.05) is 13.3 Å². The molecular formula is C71H116ClN19O18. The highest BCUT2D eigenvalue weighted by molar-refractivity contribution is 5.97. The van der Waals surface area contributed by atoms with E-state index in [1.807, 2.05) is 27.7 Å². The van der Waals surface area contributed by atoms with Crippen LogP contribution in [0.2, 0.25) is 0 Å². The third-order valence-corrected chi connectivity index (χ3v) is 17.1. The lowest BCUT2D eigenvalue weighted by molar-refractivity contribution is -0.406. The number of aromatic nitrogens is 6. The zero-order valence-electron chi connectivity index (χ0n) is 63.3. The molecule has 3 aromatic rings. The third-order valence-electron chi connectivity index (χ3n) is 17.1. The van der Waals surface area contributed by atoms with Crippen molar-refractivity contribution in [1.82, 2.24) is 72.0 Å². The number of hydrogen-bond donors (Lipinski definition) is 14. The minimum atomic E-state index is -1.30. The third kappa shape index (κ3) is 42.9. The van der Waals surface area contributed by atoms with E-state index in [1.54, 1.807) is 4.90 Å². The summed E-state index contributed by atoms with van der Waals surface area (Å²) >= 11 is 0. The highest BCUT2D eigenvalue weighted by Gasteiger charge is 2.34. The number of esters is 1. The summed E-state index contributed by atoms with van der Waals surface area (Å²) in [4.78, 5) is 169. The second kappa shape index (κ2) is 56.1. The van der Waals surface area contributed by atoms with Crippen molar-refractivity contribution in [2.75, 3.05) is 79.1 Å². The van der Waals surface area contributed by atoms with Crippen molar-refractivity contribution < 1.29 is 92.9 Å². The molecule has 0 aromatic carbocycles. The van der Waals surface area contributed by atoms with Crippen LogP contribution >= 0.6 is 12.4 Å². The molecule has 10 heterocycles. The van der Waals surface area contributed by atoms with Crippen LogP contribution in [0.5, 0.6) is 0 Å². The zero-order chi connectivity index (χ0) is 80.4. The van der Waals surface area contributed by atoms with Crippen LogP contribution in [0, 0.1) is 23.7 Å². The Morgan fingerprint density at radius 3 is 1.40 bits per heavy atom. The van der Waals surface area contributed by atoms with Gasteiger partial charge in [-0.05, 0) is 137 Å². The molecule has 3 aromatic heterocycles. The standard InChI is InChI=1S/C16H27N3O4.C12H20N2O2.C11H13N3O2.C7H15NO2.2C5H4N2O2.C5H12N2O2.2C5H10N2O.ClH/c1-16(2,3)23-15(22)19-8-7-17-12(10-19)13(20)9-11-5-4-6-18-14(11)21;15-11(10-5-1-2-6-13-10)8-9-4-3-7-14-12(9)16;15-10(9-7-12-4-5-13-9)6-8-2-1-3-14-11(8)16;1-6(4-3-5-8)7(9)10-2;2*8-5(9)4-3-6-1-2-7-4;6-3-1-2-4(7)5(8)9;2*6-4-2-1-3-7-5(4)8;/h11-12,17H,4-10H2,1-3H3,(H,18,21);9-10,13H,1-8H2,(H,14,16);4-5,7-8H,1-3,6H2,(H,14,16);6H,3-5,8H2,1-2H3;2*1-3H,(H,8,9);4H,1-3,6-7H2,(H,8,9);2*4H,1-3,6H2,(H,7,8);1H/t11-,12?;9-,10?;8-;6-;;;3*4-;/m1110..000./s1. The minimum absolute atomic E-state index is 0. The van der Waals surface area contributed by atoms with Gasteiger partial charge in [-0.2, -0.15) is 0 Å². The van der Waals surface area contributed by atoms with Crippen molar-refractivity contribution in [3.8, 4) is 0 Å². The predicted octanol–water partition coefficient (Wildman–Crippen LogP) is -1.29. The molecule has 0 saturated carbocycles. The fourth-order valence-electron chi connectivity index (χ4n) is 10.9. The Bertz CT molecular complexity index is 3160. The first-order valence-corrected chi connectivity index (χ1v) is 36.6. The van der Waals surface area contributed by atoms with Gasteiger partial charge in [-0.3, -0.25) is 67.9 Å². The summed E-state index contributed by atoms with van der Waals surface area (Å²) in [6, 6.07) is -1.41. The Labute approximate surface area is 642 Å². The molecule has 0 aliphatic carbocycles. The zero-order valence-corrected chi connectivity index (χ0v) is 64.1. The smallest absolute Gasteiger partial charge is 0.410 e. The second-order valence-corrected chi connectivity index (χ2v) is 27.1. The van der Waals surface area contributed by atoms with E-state index in [0.29, 0.717) is 70.8 Å². The number of ether oxygens (including phenoxy) is 2. The SMILES string of the molecule is CC(C)(C)OC(=O)N1CCNC(C(=O)C[C@H]2CCCNC2=O)C1.COC(=O)[C@@H](C)CCCN.Cl.NCCC[C@H](N)C(=O)O.N[C@H]1CCCNC1=O.O=C(C[C@H]1CCCNC1=O)C1CCCCN1.O=C(C[C@H]1CCCNC1=O)c1cnccn1.O=C(O)c1cnccn1.O=C([O-])c1cnccn1.[NH3+][C@H]1CCCNC1=O. The molecule has 109 heavy (non-hydrogen) atoms. The van der Waals surface area contributed by atoms with Gasteiger partial charge in [-0.15, -0.1) is 12.4 Å². The van der Waals surface area contributed by atoms with Crippen molar-refractivity contribution in [2.45, 2.75) is 192 Å². The molecule has 2 unspecified atom stereocenters. The number of amides is 6. The number of Topliss-reactive ketones (excluding diaryl/α,β-unsaturated/α-hetero) is 3. The first-order valence-electron chi connectivity index (χ1n) is 36.6. The Morgan fingerprint density at radius 1 is 0.587 bits per heavy atom. The minimum Gasteiger partial charge on any atom is -0.543 e. The van der Waals surface area contributed by atoms with Crippen LogP contribution < -0.4 is 71.0 Å². The summed E-state index contributed by atoms with van der Waals surface area (Å²) in [6.07, 6.45) is 27.9. The number of carboxylic acid groups (broad SMARTS) is 3. The fraction of sp³-hybridized carbons (Fsp3) is 0.648. The Kier molecular flexibility index (Phi) is 50.3. The number of piperazine rings is 1.